The predicted molar refractivity (Wildman–Crippen MR) is 85.9 cm³/mol. The molecular formula is C17H21N3O4. The molecule has 3 amide bonds. The van der Waals surface area contributed by atoms with Crippen molar-refractivity contribution in [2.75, 3.05) is 0 Å². The molecule has 1 aliphatic heterocycles. The van der Waals surface area contributed by atoms with Crippen molar-refractivity contribution in [2.24, 2.45) is 5.92 Å². The van der Waals surface area contributed by atoms with Gasteiger partial charge in [0.05, 0.1) is 12.8 Å². The van der Waals surface area contributed by atoms with Crippen LogP contribution >= 0.6 is 0 Å². The number of aromatic nitrogens is 1. The van der Waals surface area contributed by atoms with Gasteiger partial charge in [-0.05, 0) is 31.4 Å². The summed E-state index contributed by atoms with van der Waals surface area (Å²) in [4.78, 5) is 30.7. The Morgan fingerprint density at radius 1 is 1.38 bits per heavy atom. The third-order valence-corrected chi connectivity index (χ3v) is 4.68. The number of nitrogens with zero attached hydrogens (tertiary/aromatic N) is 2. The highest BCUT2D eigenvalue weighted by Crippen LogP contribution is 2.31. The number of oxazole rings is 1. The largest absolute Gasteiger partial charge is 0.459 e. The van der Waals surface area contributed by atoms with Gasteiger partial charge in [-0.1, -0.05) is 20.8 Å². The molecule has 24 heavy (non-hydrogen) atoms. The zero-order chi connectivity index (χ0) is 17.5. The third-order valence-electron chi connectivity index (χ3n) is 4.68. The van der Waals surface area contributed by atoms with Gasteiger partial charge in [0.25, 0.3) is 11.8 Å². The van der Waals surface area contributed by atoms with Crippen LogP contribution in [0.5, 0.6) is 0 Å². The number of rotatable bonds is 5. The summed E-state index contributed by atoms with van der Waals surface area (Å²) in [6.45, 7) is 7.60. The Labute approximate surface area is 140 Å². The van der Waals surface area contributed by atoms with Gasteiger partial charge in [-0.3, -0.25) is 9.69 Å². The van der Waals surface area contributed by atoms with E-state index < -0.39 is 11.6 Å². The van der Waals surface area contributed by atoms with Gasteiger partial charge in [0.2, 0.25) is 0 Å². The molecule has 1 N–H and O–H groups in total. The molecule has 128 valence electrons. The maximum atomic E-state index is 12.8. The van der Waals surface area contributed by atoms with Gasteiger partial charge < -0.3 is 14.2 Å². The fourth-order valence-electron chi connectivity index (χ4n) is 3.06. The van der Waals surface area contributed by atoms with Crippen molar-refractivity contribution in [2.45, 2.75) is 46.2 Å². The number of carbonyl (C=O) groups is 2. The Kier molecular flexibility index (Phi) is 3.95. The lowest BCUT2D eigenvalue weighted by Crippen LogP contribution is -2.50. The molecule has 1 aliphatic rings. The van der Waals surface area contributed by atoms with Crippen molar-refractivity contribution in [3.63, 3.8) is 0 Å². The molecule has 7 nitrogen and oxygen atoms in total. The zero-order valence-corrected chi connectivity index (χ0v) is 14.3. The molecule has 3 heterocycles. The first-order valence-electron chi connectivity index (χ1n) is 8.03. The molecule has 0 aromatic carbocycles. The van der Waals surface area contributed by atoms with Crippen molar-refractivity contribution >= 4 is 11.9 Å². The molecule has 3 rings (SSSR count). The maximum Gasteiger partial charge on any atom is 0.325 e. The van der Waals surface area contributed by atoms with Crippen LogP contribution in [0.1, 0.15) is 38.6 Å². The second kappa shape index (κ2) is 5.81. The van der Waals surface area contributed by atoms with Gasteiger partial charge in [0.1, 0.15) is 17.0 Å². The highest BCUT2D eigenvalue weighted by molar-refractivity contribution is 6.07. The molecular weight excluding hydrogens is 310 g/mol. The Bertz CT molecular complexity index is 763. The number of imide groups is 1. The highest BCUT2D eigenvalue weighted by atomic mass is 16.4. The average molecular weight is 331 g/mol. The monoisotopic (exact) mass is 331 g/mol. The highest BCUT2D eigenvalue weighted by Gasteiger charge is 2.52. The molecule has 0 aliphatic carbocycles. The summed E-state index contributed by atoms with van der Waals surface area (Å²) in [7, 11) is 0. The van der Waals surface area contributed by atoms with E-state index in [0.717, 1.165) is 0 Å². The van der Waals surface area contributed by atoms with Gasteiger partial charge in [0.15, 0.2) is 5.76 Å². The number of nitrogens with one attached hydrogen (secondary N) is 1. The van der Waals surface area contributed by atoms with Gasteiger partial charge in [-0.15, -0.1) is 0 Å². The summed E-state index contributed by atoms with van der Waals surface area (Å²) in [6.07, 6.45) is 2.07. The van der Waals surface area contributed by atoms with Crippen LogP contribution in [0.2, 0.25) is 0 Å². The molecule has 7 heteroatoms. The van der Waals surface area contributed by atoms with Gasteiger partial charge in [0, 0.05) is 0 Å². The van der Waals surface area contributed by atoms with E-state index in [1.165, 1.54) is 11.2 Å². The fraction of sp³-hybridized carbons (Fsp3) is 0.471. The van der Waals surface area contributed by atoms with Crippen LogP contribution in [0.25, 0.3) is 11.7 Å². The minimum Gasteiger partial charge on any atom is -0.459 e. The third kappa shape index (κ3) is 2.40. The lowest BCUT2D eigenvalue weighted by atomic mass is 9.84. The predicted octanol–water partition coefficient (Wildman–Crippen LogP) is 3.10. The number of carbonyl (C=O) groups excluding carboxylic acids is 2. The van der Waals surface area contributed by atoms with E-state index in [4.69, 9.17) is 8.83 Å². The number of aryl methyl sites for hydroxylation is 1. The van der Waals surface area contributed by atoms with Crippen molar-refractivity contribution in [1.82, 2.24) is 15.2 Å². The standard InChI is InChI=1S/C17H21N3O4/c1-5-17(10(2)3)15(21)20(16(22)19-17)9-12-11(4)24-14(18-12)13-7-6-8-23-13/h6-8,10H,5,9H2,1-4H3,(H,19,22)/t17-/m1/s1. The first-order chi connectivity index (χ1) is 11.4. The van der Waals surface area contributed by atoms with Crippen LogP contribution in [-0.2, 0) is 11.3 Å². The van der Waals surface area contributed by atoms with E-state index in [1.807, 2.05) is 20.8 Å². The molecule has 0 bridgehead atoms. The topological polar surface area (TPSA) is 88.6 Å². The van der Waals surface area contributed by atoms with E-state index in [1.54, 1.807) is 19.1 Å². The van der Waals surface area contributed by atoms with Crippen molar-refractivity contribution in [3.8, 4) is 11.7 Å². The smallest absolute Gasteiger partial charge is 0.325 e. The fourth-order valence-corrected chi connectivity index (χ4v) is 3.06. The summed E-state index contributed by atoms with van der Waals surface area (Å²) in [5.41, 5.74) is -0.306. The van der Waals surface area contributed by atoms with Crippen LogP contribution in [-0.4, -0.2) is 27.4 Å². The van der Waals surface area contributed by atoms with Crippen LogP contribution in [0.3, 0.4) is 0 Å². The van der Waals surface area contributed by atoms with Crippen LogP contribution in [0.4, 0.5) is 4.79 Å². The summed E-state index contributed by atoms with van der Waals surface area (Å²) >= 11 is 0. The van der Waals surface area contributed by atoms with E-state index in [9.17, 15) is 9.59 Å². The first kappa shape index (κ1) is 16.3. The molecule has 1 fully saturated rings. The molecule has 0 saturated carbocycles. The van der Waals surface area contributed by atoms with Crippen LogP contribution in [0.15, 0.2) is 27.2 Å². The molecule has 0 radical (unpaired) electrons. The summed E-state index contributed by atoms with van der Waals surface area (Å²) in [5, 5.41) is 2.85. The van der Waals surface area contributed by atoms with Crippen molar-refractivity contribution in [3.05, 3.63) is 29.9 Å². The summed E-state index contributed by atoms with van der Waals surface area (Å²) in [5.74, 6) is 1.19. The second-order valence-electron chi connectivity index (χ2n) is 6.30. The molecule has 0 spiro atoms. The molecule has 1 atom stereocenters. The normalized spacial score (nSPS) is 21.0. The number of hydrogen-bond acceptors (Lipinski definition) is 5. The number of urea groups is 1. The van der Waals surface area contributed by atoms with Gasteiger partial charge >= 0.3 is 6.03 Å². The minimum atomic E-state index is -0.849. The van der Waals surface area contributed by atoms with Crippen LogP contribution in [0, 0.1) is 12.8 Å². The van der Waals surface area contributed by atoms with Crippen LogP contribution < -0.4 is 5.32 Å². The number of furan rings is 1. The lowest BCUT2D eigenvalue weighted by Gasteiger charge is -2.29. The Morgan fingerprint density at radius 2 is 2.12 bits per heavy atom. The quantitative estimate of drug-likeness (QED) is 0.850. The SMILES string of the molecule is CC[C@]1(C(C)C)NC(=O)N(Cc2nc(-c3ccco3)oc2C)C1=O. The van der Waals surface area contributed by atoms with E-state index in [0.29, 0.717) is 29.5 Å². The second-order valence-corrected chi connectivity index (χ2v) is 6.30. The number of amides is 3. The van der Waals surface area contributed by atoms with Crippen molar-refractivity contribution in [1.29, 1.82) is 0 Å². The summed E-state index contributed by atoms with van der Waals surface area (Å²) in [6, 6.07) is 3.09. The van der Waals surface area contributed by atoms with Gasteiger partial charge in [-0.2, -0.15) is 0 Å². The molecule has 2 aromatic rings. The molecule has 1 saturated heterocycles. The maximum absolute atomic E-state index is 12.8. The van der Waals surface area contributed by atoms with E-state index in [2.05, 4.69) is 10.3 Å². The number of hydrogen-bond donors (Lipinski definition) is 1. The first-order valence-corrected chi connectivity index (χ1v) is 8.03. The Balaban J connectivity index is 1.87. The van der Waals surface area contributed by atoms with Gasteiger partial charge in [-0.25, -0.2) is 9.78 Å². The Hall–Kier alpha value is -2.57. The molecule has 0 unspecified atom stereocenters. The van der Waals surface area contributed by atoms with E-state index >= 15 is 0 Å². The lowest BCUT2D eigenvalue weighted by molar-refractivity contribution is -0.133. The van der Waals surface area contributed by atoms with Crippen molar-refractivity contribution < 1.29 is 18.4 Å². The molecule has 2 aromatic heterocycles. The van der Waals surface area contributed by atoms with E-state index in [-0.39, 0.29) is 18.4 Å². The summed E-state index contributed by atoms with van der Waals surface area (Å²) < 4.78 is 10.9. The Morgan fingerprint density at radius 3 is 2.67 bits per heavy atom. The minimum absolute atomic E-state index is 0.000959. The average Bonchev–Trinajstić information content (AvgIpc) is 3.23. The zero-order valence-electron chi connectivity index (χ0n) is 14.3.